The normalized spacial score (nSPS) is 31.6. The highest BCUT2D eigenvalue weighted by molar-refractivity contribution is 6.30. The maximum absolute atomic E-state index is 6.13. The molecule has 1 aromatic rings. The van der Waals surface area contributed by atoms with Crippen LogP contribution in [0.3, 0.4) is 0 Å². The molecule has 3 rings (SSSR count). The zero-order valence-corrected chi connectivity index (χ0v) is 12.8. The van der Waals surface area contributed by atoms with Gasteiger partial charge in [-0.05, 0) is 54.7 Å². The third-order valence-corrected chi connectivity index (χ3v) is 5.67. The van der Waals surface area contributed by atoms with Gasteiger partial charge in [0.15, 0.2) is 0 Å². The Bertz CT molecular complexity index is 448. The van der Waals surface area contributed by atoms with E-state index in [1.54, 1.807) is 0 Å². The fourth-order valence-corrected chi connectivity index (χ4v) is 4.62. The first-order valence-electron chi connectivity index (χ1n) is 7.99. The van der Waals surface area contributed by atoms with E-state index >= 15 is 0 Å². The van der Waals surface area contributed by atoms with Crippen molar-refractivity contribution in [2.45, 2.75) is 51.0 Å². The van der Waals surface area contributed by atoms with Crippen molar-refractivity contribution < 1.29 is 0 Å². The van der Waals surface area contributed by atoms with Gasteiger partial charge in [-0.1, -0.05) is 49.4 Å². The van der Waals surface area contributed by atoms with E-state index in [-0.39, 0.29) is 6.04 Å². The summed E-state index contributed by atoms with van der Waals surface area (Å²) in [6.07, 6.45) is 9.75. The molecule has 0 bridgehead atoms. The van der Waals surface area contributed by atoms with Crippen LogP contribution < -0.4 is 11.3 Å². The second kappa shape index (κ2) is 6.46. The van der Waals surface area contributed by atoms with E-state index in [2.05, 4.69) is 17.6 Å². The highest BCUT2D eigenvalue weighted by atomic mass is 35.5. The second-order valence-electron chi connectivity index (χ2n) is 6.58. The van der Waals surface area contributed by atoms with Gasteiger partial charge in [0.1, 0.15) is 0 Å². The zero-order chi connectivity index (χ0) is 13.9. The third kappa shape index (κ3) is 3.03. The maximum Gasteiger partial charge on any atom is 0.0488 e. The summed E-state index contributed by atoms with van der Waals surface area (Å²) in [5.74, 6) is 8.42. The molecule has 2 aliphatic rings. The van der Waals surface area contributed by atoms with Gasteiger partial charge in [0.2, 0.25) is 0 Å². The van der Waals surface area contributed by atoms with Gasteiger partial charge in [0.05, 0.1) is 0 Å². The molecule has 2 fully saturated rings. The molecule has 0 aliphatic heterocycles. The largest absolute Gasteiger partial charge is 0.271 e. The number of rotatable bonds is 3. The number of benzene rings is 1. The third-order valence-electron chi connectivity index (χ3n) is 5.44. The summed E-state index contributed by atoms with van der Waals surface area (Å²) in [6.45, 7) is 0. The number of nitrogens with two attached hydrogens (primary N) is 1. The van der Waals surface area contributed by atoms with Gasteiger partial charge in [0, 0.05) is 11.1 Å². The first-order valence-corrected chi connectivity index (χ1v) is 8.37. The van der Waals surface area contributed by atoms with Crippen LogP contribution in [0, 0.1) is 17.8 Å². The molecule has 0 amide bonds. The van der Waals surface area contributed by atoms with E-state index in [1.807, 2.05) is 12.1 Å². The summed E-state index contributed by atoms with van der Waals surface area (Å²) in [5, 5.41) is 0.800. The average Bonchev–Trinajstić information content (AvgIpc) is 2.48. The highest BCUT2D eigenvalue weighted by Gasteiger charge is 2.35. The number of hydrazine groups is 1. The highest BCUT2D eigenvalue weighted by Crippen LogP contribution is 2.46. The molecule has 20 heavy (non-hydrogen) atoms. The van der Waals surface area contributed by atoms with E-state index in [9.17, 15) is 0 Å². The molecule has 1 aromatic carbocycles. The van der Waals surface area contributed by atoms with Crippen LogP contribution in [-0.2, 0) is 0 Å². The lowest BCUT2D eigenvalue weighted by molar-refractivity contribution is 0.109. The summed E-state index contributed by atoms with van der Waals surface area (Å²) in [6, 6.07) is 8.39. The number of hydrogen-bond acceptors (Lipinski definition) is 2. The van der Waals surface area contributed by atoms with Crippen LogP contribution in [0.5, 0.6) is 0 Å². The molecule has 0 radical (unpaired) electrons. The molecule has 4 atom stereocenters. The Balaban J connectivity index is 1.73. The molecule has 0 saturated heterocycles. The average molecular weight is 293 g/mol. The van der Waals surface area contributed by atoms with Crippen molar-refractivity contribution >= 4 is 11.6 Å². The Morgan fingerprint density at radius 3 is 2.65 bits per heavy atom. The first kappa shape index (κ1) is 14.4. The van der Waals surface area contributed by atoms with Crippen molar-refractivity contribution in [1.29, 1.82) is 0 Å². The molecule has 110 valence electrons. The summed E-state index contributed by atoms with van der Waals surface area (Å²) < 4.78 is 0. The van der Waals surface area contributed by atoms with E-state index in [0.717, 1.165) is 16.9 Å². The summed E-state index contributed by atoms with van der Waals surface area (Å²) >= 11 is 6.13. The Labute approximate surface area is 127 Å². The summed E-state index contributed by atoms with van der Waals surface area (Å²) in [4.78, 5) is 0. The molecule has 4 unspecified atom stereocenters. The lowest BCUT2D eigenvalue weighted by atomic mass is 9.65. The van der Waals surface area contributed by atoms with Crippen LogP contribution in [0.1, 0.15) is 56.6 Å². The van der Waals surface area contributed by atoms with Gasteiger partial charge < -0.3 is 0 Å². The van der Waals surface area contributed by atoms with Crippen LogP contribution in [0.2, 0.25) is 5.02 Å². The lowest BCUT2D eigenvalue weighted by Gasteiger charge is -2.42. The molecule has 0 aromatic heterocycles. The monoisotopic (exact) mass is 292 g/mol. The second-order valence-corrected chi connectivity index (χ2v) is 7.01. The zero-order valence-electron chi connectivity index (χ0n) is 12.0. The van der Waals surface area contributed by atoms with Gasteiger partial charge in [-0.15, -0.1) is 0 Å². The standard InChI is InChI=1S/C17H25ClN2/c18-16-7-3-6-14(11-16)17(20-19)15-9-8-12-4-1-2-5-13(12)10-15/h3,6-7,11-13,15,17,20H,1-2,4-5,8-10,19H2. The summed E-state index contributed by atoms with van der Waals surface area (Å²) in [7, 11) is 0. The molecule has 2 saturated carbocycles. The van der Waals surface area contributed by atoms with Crippen molar-refractivity contribution in [2.75, 3.05) is 0 Å². The number of nitrogens with one attached hydrogen (secondary N) is 1. The van der Waals surface area contributed by atoms with Gasteiger partial charge >= 0.3 is 0 Å². The van der Waals surface area contributed by atoms with E-state index in [4.69, 9.17) is 17.4 Å². The number of fused-ring (bicyclic) bond motifs is 1. The van der Waals surface area contributed by atoms with Crippen molar-refractivity contribution in [3.05, 3.63) is 34.9 Å². The Kier molecular flexibility index (Phi) is 4.65. The van der Waals surface area contributed by atoms with Crippen LogP contribution in [0.25, 0.3) is 0 Å². The van der Waals surface area contributed by atoms with Gasteiger partial charge in [-0.2, -0.15) is 0 Å². The van der Waals surface area contributed by atoms with Crippen molar-refractivity contribution in [3.8, 4) is 0 Å². The van der Waals surface area contributed by atoms with Crippen LogP contribution in [0.15, 0.2) is 24.3 Å². The van der Waals surface area contributed by atoms with Crippen molar-refractivity contribution in [2.24, 2.45) is 23.6 Å². The minimum absolute atomic E-state index is 0.247. The van der Waals surface area contributed by atoms with Crippen molar-refractivity contribution in [1.82, 2.24) is 5.43 Å². The Morgan fingerprint density at radius 1 is 1.10 bits per heavy atom. The van der Waals surface area contributed by atoms with Crippen molar-refractivity contribution in [3.63, 3.8) is 0 Å². The molecular weight excluding hydrogens is 268 g/mol. The molecule has 0 heterocycles. The maximum atomic E-state index is 6.13. The molecule has 0 spiro atoms. The topological polar surface area (TPSA) is 38.0 Å². The van der Waals surface area contributed by atoms with E-state index in [0.29, 0.717) is 5.92 Å². The number of halogens is 1. The smallest absolute Gasteiger partial charge is 0.0488 e. The fraction of sp³-hybridized carbons (Fsp3) is 0.647. The minimum atomic E-state index is 0.247. The molecule has 3 N–H and O–H groups in total. The van der Waals surface area contributed by atoms with Crippen LogP contribution in [0.4, 0.5) is 0 Å². The summed E-state index contributed by atoms with van der Waals surface area (Å²) in [5.41, 5.74) is 4.29. The van der Waals surface area contributed by atoms with Gasteiger partial charge in [-0.3, -0.25) is 11.3 Å². The Hall–Kier alpha value is -0.570. The van der Waals surface area contributed by atoms with E-state index in [1.165, 1.54) is 50.5 Å². The lowest BCUT2D eigenvalue weighted by Crippen LogP contribution is -2.38. The molecule has 2 aliphatic carbocycles. The fourth-order valence-electron chi connectivity index (χ4n) is 4.42. The SMILES string of the molecule is NNC(c1cccc(Cl)c1)C1CCC2CCCCC2C1. The van der Waals surface area contributed by atoms with Crippen LogP contribution in [-0.4, -0.2) is 0 Å². The number of hydrogen-bond donors (Lipinski definition) is 2. The predicted molar refractivity (Wildman–Crippen MR) is 84.3 cm³/mol. The quantitative estimate of drug-likeness (QED) is 0.638. The van der Waals surface area contributed by atoms with Crippen LogP contribution >= 0.6 is 11.6 Å². The Morgan fingerprint density at radius 2 is 1.90 bits per heavy atom. The molecule has 3 heteroatoms. The van der Waals surface area contributed by atoms with Gasteiger partial charge in [-0.25, -0.2) is 0 Å². The molecule has 2 nitrogen and oxygen atoms in total. The predicted octanol–water partition coefficient (Wildman–Crippen LogP) is 4.45. The molecular formula is C17H25ClN2. The minimum Gasteiger partial charge on any atom is -0.271 e. The van der Waals surface area contributed by atoms with E-state index < -0.39 is 0 Å². The first-order chi connectivity index (χ1) is 9.78. The van der Waals surface area contributed by atoms with Gasteiger partial charge in [0.25, 0.3) is 0 Å².